The number of primary amides is 1. The molecule has 0 radical (unpaired) electrons. The van der Waals surface area contributed by atoms with Gasteiger partial charge in [0.15, 0.2) is 9.84 Å². The molecule has 1 aromatic carbocycles. The molecule has 0 spiro atoms. The van der Waals surface area contributed by atoms with Crippen molar-refractivity contribution in [3.05, 3.63) is 46.8 Å². The Bertz CT molecular complexity index is 852. The lowest BCUT2D eigenvalue weighted by atomic mass is 10.1. The van der Waals surface area contributed by atoms with Crippen LogP contribution in [0.4, 0.5) is 5.00 Å². The minimum Gasteiger partial charge on any atom is -0.366 e. The molecule has 24 heavy (non-hydrogen) atoms. The zero-order valence-electron chi connectivity index (χ0n) is 13.3. The third kappa shape index (κ3) is 4.01. The van der Waals surface area contributed by atoms with Crippen molar-refractivity contribution >= 4 is 38.0 Å². The number of hydrogen-bond acceptors (Lipinski definition) is 5. The summed E-state index contributed by atoms with van der Waals surface area (Å²) in [5, 5.41) is 4.22. The van der Waals surface area contributed by atoms with E-state index in [0.29, 0.717) is 10.6 Å². The maximum absolute atomic E-state index is 12.1. The van der Waals surface area contributed by atoms with Crippen LogP contribution in [0.15, 0.2) is 40.6 Å². The van der Waals surface area contributed by atoms with Gasteiger partial charge in [-0.1, -0.05) is 12.1 Å². The van der Waals surface area contributed by atoms with Crippen molar-refractivity contribution in [1.29, 1.82) is 0 Å². The van der Waals surface area contributed by atoms with Crippen LogP contribution in [0.3, 0.4) is 0 Å². The molecule has 2 aromatic rings. The predicted octanol–water partition coefficient (Wildman–Crippen LogP) is 2.21. The van der Waals surface area contributed by atoms with Crippen LogP contribution in [-0.4, -0.2) is 25.5 Å². The fraction of sp³-hybridized carbons (Fsp3) is 0.250. The van der Waals surface area contributed by atoms with Gasteiger partial charge < -0.3 is 11.1 Å². The van der Waals surface area contributed by atoms with E-state index < -0.39 is 21.0 Å². The normalized spacial score (nSPS) is 11.5. The number of amides is 2. The van der Waals surface area contributed by atoms with Crippen molar-refractivity contribution in [2.45, 2.75) is 30.4 Å². The van der Waals surface area contributed by atoms with Crippen LogP contribution in [-0.2, 0) is 21.1 Å². The van der Waals surface area contributed by atoms with Crippen LogP contribution < -0.4 is 11.1 Å². The Labute approximate surface area is 144 Å². The molecule has 3 N–H and O–H groups in total. The number of hydrogen-bond donors (Lipinski definition) is 2. The number of sulfone groups is 1. The molecule has 0 saturated heterocycles. The minimum absolute atomic E-state index is 0.0676. The lowest BCUT2D eigenvalue weighted by Crippen LogP contribution is -2.18. The average molecular weight is 366 g/mol. The highest BCUT2D eigenvalue weighted by atomic mass is 32.2. The second-order valence-corrected chi connectivity index (χ2v) is 8.91. The first-order chi connectivity index (χ1) is 11.2. The monoisotopic (exact) mass is 366 g/mol. The van der Waals surface area contributed by atoms with Gasteiger partial charge in [-0.25, -0.2) is 8.42 Å². The molecule has 0 saturated carbocycles. The van der Waals surface area contributed by atoms with E-state index >= 15 is 0 Å². The average Bonchev–Trinajstić information content (AvgIpc) is 2.95. The van der Waals surface area contributed by atoms with E-state index in [1.807, 2.05) is 0 Å². The zero-order valence-corrected chi connectivity index (χ0v) is 14.9. The van der Waals surface area contributed by atoms with Gasteiger partial charge in [-0.05, 0) is 43.0 Å². The van der Waals surface area contributed by atoms with Gasteiger partial charge in [0, 0.05) is 0 Å². The highest BCUT2D eigenvalue weighted by Crippen LogP contribution is 2.23. The molecular formula is C16H18N2O4S2. The van der Waals surface area contributed by atoms with Gasteiger partial charge in [0.05, 0.1) is 22.1 Å². The lowest BCUT2D eigenvalue weighted by molar-refractivity contribution is -0.115. The SMILES string of the molecule is CC(C)S(=O)(=O)c1ccc(CC(=O)Nc2sccc2C(N)=O)cc1. The van der Waals surface area contributed by atoms with Crippen LogP contribution in [0.2, 0.25) is 0 Å². The first-order valence-corrected chi connectivity index (χ1v) is 9.64. The van der Waals surface area contributed by atoms with E-state index in [2.05, 4.69) is 5.32 Å². The molecule has 2 rings (SSSR count). The maximum atomic E-state index is 12.1. The Hall–Kier alpha value is -2.19. The van der Waals surface area contributed by atoms with Gasteiger partial charge in [-0.15, -0.1) is 11.3 Å². The zero-order chi connectivity index (χ0) is 17.9. The summed E-state index contributed by atoms with van der Waals surface area (Å²) in [7, 11) is -3.33. The first kappa shape index (κ1) is 18.2. The van der Waals surface area contributed by atoms with Crippen LogP contribution in [0.1, 0.15) is 29.8 Å². The summed E-state index contributed by atoms with van der Waals surface area (Å²) in [4.78, 5) is 23.5. The molecule has 1 heterocycles. The number of rotatable bonds is 6. The van der Waals surface area contributed by atoms with E-state index in [9.17, 15) is 18.0 Å². The quantitative estimate of drug-likeness (QED) is 0.817. The summed E-state index contributed by atoms with van der Waals surface area (Å²) in [6, 6.07) is 7.76. The standard InChI is InChI=1S/C16H18N2O4S2/c1-10(2)24(21,22)12-5-3-11(4-6-12)9-14(19)18-16-13(15(17)20)7-8-23-16/h3-8,10H,9H2,1-2H3,(H2,17,20)(H,18,19). The third-order valence-corrected chi connectivity index (χ3v) is 6.42. The largest absolute Gasteiger partial charge is 0.366 e. The number of carbonyl (C=O) groups is 2. The van der Waals surface area contributed by atoms with Crippen molar-refractivity contribution in [3.8, 4) is 0 Å². The smallest absolute Gasteiger partial charge is 0.251 e. The summed E-state index contributed by atoms with van der Waals surface area (Å²) in [6.07, 6.45) is 0.0676. The minimum atomic E-state index is -3.33. The van der Waals surface area contributed by atoms with Crippen molar-refractivity contribution in [1.82, 2.24) is 0 Å². The van der Waals surface area contributed by atoms with Crippen LogP contribution in [0.25, 0.3) is 0 Å². The molecule has 1 aromatic heterocycles. The molecule has 0 aliphatic rings. The fourth-order valence-electron chi connectivity index (χ4n) is 2.03. The Morgan fingerprint density at radius 1 is 1.17 bits per heavy atom. The number of thiophene rings is 1. The second-order valence-electron chi connectivity index (χ2n) is 5.49. The van der Waals surface area contributed by atoms with Crippen molar-refractivity contribution in [2.24, 2.45) is 5.73 Å². The fourth-order valence-corrected chi connectivity index (χ4v) is 3.89. The first-order valence-electron chi connectivity index (χ1n) is 7.22. The maximum Gasteiger partial charge on any atom is 0.251 e. The molecule has 2 amide bonds. The Balaban J connectivity index is 2.07. The molecule has 0 atom stereocenters. The van der Waals surface area contributed by atoms with Crippen molar-refractivity contribution < 1.29 is 18.0 Å². The number of carbonyl (C=O) groups excluding carboxylic acids is 2. The molecule has 8 heteroatoms. The molecule has 6 nitrogen and oxygen atoms in total. The van der Waals surface area contributed by atoms with Crippen molar-refractivity contribution in [2.75, 3.05) is 5.32 Å². The summed E-state index contributed by atoms with van der Waals surface area (Å²) < 4.78 is 24.1. The summed E-state index contributed by atoms with van der Waals surface area (Å²) in [5.41, 5.74) is 6.17. The molecule has 0 aliphatic heterocycles. The van der Waals surface area contributed by atoms with Crippen molar-refractivity contribution in [3.63, 3.8) is 0 Å². The molecule has 0 aliphatic carbocycles. The van der Waals surface area contributed by atoms with Gasteiger partial charge in [-0.2, -0.15) is 0 Å². The number of nitrogens with two attached hydrogens (primary N) is 1. The molecule has 128 valence electrons. The van der Waals surface area contributed by atoms with E-state index in [1.54, 1.807) is 37.4 Å². The highest BCUT2D eigenvalue weighted by molar-refractivity contribution is 7.92. The molecule has 0 fully saturated rings. The Morgan fingerprint density at radius 3 is 2.33 bits per heavy atom. The van der Waals surface area contributed by atoms with Gasteiger partial charge in [0.1, 0.15) is 5.00 Å². The van der Waals surface area contributed by atoms with Gasteiger partial charge in [-0.3, -0.25) is 9.59 Å². The summed E-state index contributed by atoms with van der Waals surface area (Å²) >= 11 is 1.21. The summed E-state index contributed by atoms with van der Waals surface area (Å²) in [6.45, 7) is 3.24. The lowest BCUT2D eigenvalue weighted by Gasteiger charge is -2.09. The van der Waals surface area contributed by atoms with E-state index in [4.69, 9.17) is 5.73 Å². The van der Waals surface area contributed by atoms with Gasteiger partial charge in [0.25, 0.3) is 5.91 Å². The number of anilines is 1. The molecule has 0 unspecified atom stereocenters. The Kier molecular flexibility index (Phi) is 5.40. The second kappa shape index (κ2) is 7.14. The predicted molar refractivity (Wildman–Crippen MR) is 93.9 cm³/mol. The highest BCUT2D eigenvalue weighted by Gasteiger charge is 2.19. The van der Waals surface area contributed by atoms with Crippen LogP contribution >= 0.6 is 11.3 Å². The van der Waals surface area contributed by atoms with E-state index in [1.165, 1.54) is 23.5 Å². The third-order valence-electron chi connectivity index (χ3n) is 3.42. The van der Waals surface area contributed by atoms with Crippen LogP contribution in [0, 0.1) is 0 Å². The topological polar surface area (TPSA) is 106 Å². The molecular weight excluding hydrogens is 348 g/mol. The van der Waals surface area contributed by atoms with E-state index in [-0.39, 0.29) is 22.8 Å². The number of nitrogens with one attached hydrogen (secondary N) is 1. The van der Waals surface area contributed by atoms with Gasteiger partial charge >= 0.3 is 0 Å². The molecule has 0 bridgehead atoms. The number of benzene rings is 1. The Morgan fingerprint density at radius 2 is 1.79 bits per heavy atom. The summed E-state index contributed by atoms with van der Waals surface area (Å²) in [5.74, 6) is -0.908. The van der Waals surface area contributed by atoms with E-state index in [0.717, 1.165) is 0 Å². The van der Waals surface area contributed by atoms with Crippen LogP contribution in [0.5, 0.6) is 0 Å². The van der Waals surface area contributed by atoms with Gasteiger partial charge in [0.2, 0.25) is 5.91 Å².